The maximum Gasteiger partial charge on any atom is 0.272 e. The third kappa shape index (κ3) is 3.01. The molecule has 1 fully saturated rings. The maximum atomic E-state index is 13.8. The molecule has 5 nitrogen and oxygen atoms in total. The predicted octanol–water partition coefficient (Wildman–Crippen LogP) is 2.48. The zero-order valence-corrected chi connectivity index (χ0v) is 10.8. The normalized spacial score (nSPS) is 17.4. The number of halogens is 1. The number of aliphatic hydroxyl groups is 1. The Morgan fingerprint density at radius 3 is 2.63 bits per heavy atom. The fraction of sp³-hybridized carbons (Fsp3) is 0.538. The third-order valence-corrected chi connectivity index (χ3v) is 3.62. The second-order valence-corrected chi connectivity index (χ2v) is 5.18. The first-order valence-electron chi connectivity index (χ1n) is 6.29. The highest BCUT2D eigenvalue weighted by molar-refractivity contribution is 5.52. The largest absolute Gasteiger partial charge is 0.388 e. The zero-order chi connectivity index (χ0) is 14.0. The lowest BCUT2D eigenvalue weighted by molar-refractivity contribution is -0.385. The summed E-state index contributed by atoms with van der Waals surface area (Å²) < 4.78 is 13.8. The van der Waals surface area contributed by atoms with Gasteiger partial charge in [0.05, 0.1) is 22.3 Å². The van der Waals surface area contributed by atoms with E-state index in [1.165, 1.54) is 12.1 Å². The fourth-order valence-corrected chi connectivity index (χ4v) is 2.64. The second-order valence-electron chi connectivity index (χ2n) is 5.18. The van der Waals surface area contributed by atoms with Crippen LogP contribution in [0.3, 0.4) is 0 Å². The van der Waals surface area contributed by atoms with Crippen LogP contribution in [0.1, 0.15) is 25.7 Å². The van der Waals surface area contributed by atoms with Gasteiger partial charge in [-0.3, -0.25) is 10.1 Å². The van der Waals surface area contributed by atoms with Gasteiger partial charge in [0.2, 0.25) is 0 Å². The molecule has 0 spiro atoms. The minimum Gasteiger partial charge on any atom is -0.388 e. The molecule has 0 radical (unpaired) electrons. The third-order valence-electron chi connectivity index (χ3n) is 3.62. The topological polar surface area (TPSA) is 66.6 Å². The molecule has 1 aromatic rings. The number of nitro benzene ring substituents is 1. The highest BCUT2D eigenvalue weighted by atomic mass is 19.1. The quantitative estimate of drug-likeness (QED) is 0.673. The zero-order valence-electron chi connectivity index (χ0n) is 10.8. The lowest BCUT2D eigenvalue weighted by Gasteiger charge is -2.30. The first-order chi connectivity index (χ1) is 8.91. The summed E-state index contributed by atoms with van der Waals surface area (Å²) in [5, 5.41) is 20.8. The molecule has 0 amide bonds. The minimum absolute atomic E-state index is 0.269. The van der Waals surface area contributed by atoms with Crippen molar-refractivity contribution in [3.63, 3.8) is 0 Å². The molecular weight excluding hydrogens is 251 g/mol. The predicted molar refractivity (Wildman–Crippen MR) is 69.7 cm³/mol. The Kier molecular flexibility index (Phi) is 3.71. The molecule has 0 aromatic heterocycles. The Morgan fingerprint density at radius 2 is 2.11 bits per heavy atom. The average molecular weight is 268 g/mol. The number of hydrogen-bond donors (Lipinski definition) is 1. The van der Waals surface area contributed by atoms with Crippen molar-refractivity contribution in [2.45, 2.75) is 31.3 Å². The van der Waals surface area contributed by atoms with Gasteiger partial charge in [-0.1, -0.05) is 12.8 Å². The molecule has 6 heteroatoms. The molecule has 0 unspecified atom stereocenters. The van der Waals surface area contributed by atoms with Gasteiger partial charge < -0.3 is 10.0 Å². The summed E-state index contributed by atoms with van der Waals surface area (Å²) in [5.41, 5.74) is -0.775. The van der Waals surface area contributed by atoms with Gasteiger partial charge in [-0.25, -0.2) is 4.39 Å². The number of rotatable bonds is 4. The van der Waals surface area contributed by atoms with Crippen molar-refractivity contribution >= 4 is 11.4 Å². The van der Waals surface area contributed by atoms with Crippen molar-refractivity contribution in [1.29, 1.82) is 0 Å². The van der Waals surface area contributed by atoms with Gasteiger partial charge in [0.1, 0.15) is 0 Å². The summed E-state index contributed by atoms with van der Waals surface area (Å²) in [5.74, 6) is -0.640. The van der Waals surface area contributed by atoms with Crippen molar-refractivity contribution in [3.05, 3.63) is 34.1 Å². The molecule has 1 aromatic carbocycles. The van der Waals surface area contributed by atoms with Crippen LogP contribution in [0.2, 0.25) is 0 Å². The first-order valence-corrected chi connectivity index (χ1v) is 6.29. The Labute approximate surface area is 110 Å². The molecule has 0 bridgehead atoms. The van der Waals surface area contributed by atoms with Crippen molar-refractivity contribution in [1.82, 2.24) is 0 Å². The monoisotopic (exact) mass is 268 g/mol. The van der Waals surface area contributed by atoms with Gasteiger partial charge in [-0.05, 0) is 18.9 Å². The van der Waals surface area contributed by atoms with Crippen LogP contribution in [0.5, 0.6) is 0 Å². The SMILES string of the molecule is CN(CC1(O)CCCC1)c1ccc([N+](=O)[O-])cc1F. The van der Waals surface area contributed by atoms with Gasteiger partial charge in [0.25, 0.3) is 5.69 Å². The molecule has 1 aliphatic carbocycles. The summed E-state index contributed by atoms with van der Waals surface area (Å²) in [6, 6.07) is 3.56. The highest BCUT2D eigenvalue weighted by Crippen LogP contribution is 2.32. The van der Waals surface area contributed by atoms with Crippen LogP contribution in [-0.2, 0) is 0 Å². The van der Waals surface area contributed by atoms with E-state index >= 15 is 0 Å². The number of hydrogen-bond acceptors (Lipinski definition) is 4. The molecule has 0 saturated heterocycles. The summed E-state index contributed by atoms with van der Waals surface area (Å²) in [6.07, 6.45) is 3.39. The average Bonchev–Trinajstić information content (AvgIpc) is 2.75. The summed E-state index contributed by atoms with van der Waals surface area (Å²) in [7, 11) is 1.68. The number of likely N-dealkylation sites (N-methyl/N-ethyl adjacent to an activating group) is 1. The molecule has 1 aliphatic rings. The van der Waals surface area contributed by atoms with Gasteiger partial charge in [0.15, 0.2) is 5.82 Å². The van der Waals surface area contributed by atoms with Crippen LogP contribution in [0, 0.1) is 15.9 Å². The van der Waals surface area contributed by atoms with Crippen molar-refractivity contribution in [2.75, 3.05) is 18.5 Å². The van der Waals surface area contributed by atoms with E-state index in [2.05, 4.69) is 0 Å². The first kappa shape index (κ1) is 13.7. The number of anilines is 1. The molecule has 0 aliphatic heterocycles. The van der Waals surface area contributed by atoms with Crippen LogP contribution >= 0.6 is 0 Å². The highest BCUT2D eigenvalue weighted by Gasteiger charge is 2.32. The lowest BCUT2D eigenvalue weighted by Crippen LogP contribution is -2.39. The minimum atomic E-state index is -0.775. The molecule has 1 saturated carbocycles. The van der Waals surface area contributed by atoms with Crippen LogP contribution in [-0.4, -0.2) is 29.2 Å². The van der Waals surface area contributed by atoms with Crippen molar-refractivity contribution < 1.29 is 14.4 Å². The Morgan fingerprint density at radius 1 is 1.47 bits per heavy atom. The molecular formula is C13H17FN2O3. The summed E-state index contributed by atoms with van der Waals surface area (Å²) >= 11 is 0. The fourth-order valence-electron chi connectivity index (χ4n) is 2.64. The Bertz CT molecular complexity index is 487. The van der Waals surface area contributed by atoms with Crippen LogP contribution in [0.15, 0.2) is 18.2 Å². The standard InChI is InChI=1S/C13H17FN2O3/c1-15(9-13(17)6-2-3-7-13)12-5-4-10(16(18)19)8-11(12)14/h4-5,8,17H,2-3,6-7,9H2,1H3. The molecule has 2 rings (SSSR count). The van der Waals surface area contributed by atoms with E-state index in [0.717, 1.165) is 18.9 Å². The van der Waals surface area contributed by atoms with E-state index in [1.54, 1.807) is 11.9 Å². The summed E-state index contributed by atoms with van der Waals surface area (Å²) in [4.78, 5) is 11.5. The molecule has 1 N–H and O–H groups in total. The van der Waals surface area contributed by atoms with E-state index in [-0.39, 0.29) is 11.4 Å². The molecule has 0 heterocycles. The van der Waals surface area contributed by atoms with Crippen LogP contribution < -0.4 is 4.90 Å². The number of nitrogens with zero attached hydrogens (tertiary/aromatic N) is 2. The van der Waals surface area contributed by atoms with Crippen LogP contribution in [0.4, 0.5) is 15.8 Å². The van der Waals surface area contributed by atoms with Gasteiger partial charge in [-0.15, -0.1) is 0 Å². The Balaban J connectivity index is 2.15. The molecule has 19 heavy (non-hydrogen) atoms. The molecule has 104 valence electrons. The van der Waals surface area contributed by atoms with E-state index in [0.29, 0.717) is 19.4 Å². The van der Waals surface area contributed by atoms with Crippen LogP contribution in [0.25, 0.3) is 0 Å². The van der Waals surface area contributed by atoms with E-state index in [1.807, 2.05) is 0 Å². The summed E-state index contributed by atoms with van der Waals surface area (Å²) in [6.45, 7) is 0.335. The second kappa shape index (κ2) is 5.13. The van der Waals surface area contributed by atoms with Crippen molar-refractivity contribution in [3.8, 4) is 0 Å². The number of nitro groups is 1. The number of non-ortho nitro benzene ring substituents is 1. The van der Waals surface area contributed by atoms with E-state index < -0.39 is 16.3 Å². The smallest absolute Gasteiger partial charge is 0.272 e. The van der Waals surface area contributed by atoms with Gasteiger partial charge in [0, 0.05) is 19.7 Å². The van der Waals surface area contributed by atoms with E-state index in [9.17, 15) is 19.6 Å². The Hall–Kier alpha value is -1.69. The van der Waals surface area contributed by atoms with Crippen molar-refractivity contribution in [2.24, 2.45) is 0 Å². The lowest BCUT2D eigenvalue weighted by atomic mass is 10.0. The maximum absolute atomic E-state index is 13.8. The van der Waals surface area contributed by atoms with Gasteiger partial charge >= 0.3 is 0 Å². The van der Waals surface area contributed by atoms with E-state index in [4.69, 9.17) is 0 Å². The van der Waals surface area contributed by atoms with Gasteiger partial charge in [-0.2, -0.15) is 0 Å². The number of benzene rings is 1. The molecule has 0 atom stereocenters.